The Morgan fingerprint density at radius 2 is 2.05 bits per heavy atom. The number of hydrogen-bond acceptors (Lipinski definition) is 3. The van der Waals surface area contributed by atoms with Gasteiger partial charge in [0.2, 0.25) is 0 Å². The Balaban J connectivity index is 2.40. The summed E-state index contributed by atoms with van der Waals surface area (Å²) in [5, 5.41) is 10.4. The molecule has 19 heavy (non-hydrogen) atoms. The van der Waals surface area contributed by atoms with E-state index in [1.807, 2.05) is 0 Å². The molecule has 0 amide bonds. The van der Waals surface area contributed by atoms with Crippen molar-refractivity contribution in [2.24, 2.45) is 5.92 Å². The fourth-order valence-corrected chi connectivity index (χ4v) is 2.87. The predicted molar refractivity (Wildman–Crippen MR) is 80.4 cm³/mol. The Hall–Kier alpha value is -0.120. The lowest BCUT2D eigenvalue weighted by molar-refractivity contribution is -0.100. The lowest BCUT2D eigenvalue weighted by atomic mass is 9.91. The fourth-order valence-electron chi connectivity index (χ4n) is 2.87. The highest BCUT2D eigenvalue weighted by Crippen LogP contribution is 2.22. The van der Waals surface area contributed by atoms with Gasteiger partial charge in [0.05, 0.1) is 18.8 Å². The average Bonchev–Trinajstić information content (AvgIpc) is 2.43. The van der Waals surface area contributed by atoms with Crippen LogP contribution in [0.5, 0.6) is 0 Å². The molecule has 1 fully saturated rings. The van der Waals surface area contributed by atoms with Crippen LogP contribution in [-0.4, -0.2) is 48.0 Å². The first kappa shape index (κ1) is 16.9. The van der Waals surface area contributed by atoms with Gasteiger partial charge in [0.25, 0.3) is 0 Å². The van der Waals surface area contributed by atoms with E-state index >= 15 is 0 Å². The molecule has 0 aromatic carbocycles. The molecule has 1 heterocycles. The third-order valence-corrected chi connectivity index (χ3v) is 4.40. The summed E-state index contributed by atoms with van der Waals surface area (Å²) in [6.07, 6.45) is 5.52. The molecule has 1 N–H and O–H groups in total. The second-order valence-corrected chi connectivity index (χ2v) is 6.22. The highest BCUT2D eigenvalue weighted by molar-refractivity contribution is 4.80. The maximum atomic E-state index is 10.4. The van der Waals surface area contributed by atoms with Crippen molar-refractivity contribution in [3.05, 3.63) is 0 Å². The molecular weight excluding hydrogens is 238 g/mol. The summed E-state index contributed by atoms with van der Waals surface area (Å²) in [4.78, 5) is 2.41. The fraction of sp³-hybridized carbons (Fsp3) is 1.00. The number of unbranched alkanes of at least 4 members (excludes halogenated alkanes) is 1. The molecule has 1 aliphatic heterocycles. The van der Waals surface area contributed by atoms with Crippen LogP contribution in [0.15, 0.2) is 0 Å². The van der Waals surface area contributed by atoms with E-state index < -0.39 is 0 Å². The zero-order chi connectivity index (χ0) is 14.3. The molecule has 3 nitrogen and oxygen atoms in total. The maximum absolute atomic E-state index is 10.4. The molecule has 0 bridgehead atoms. The number of nitrogens with zero attached hydrogens (tertiary/aromatic N) is 1. The van der Waals surface area contributed by atoms with E-state index in [1.54, 1.807) is 0 Å². The van der Waals surface area contributed by atoms with E-state index in [-0.39, 0.29) is 12.2 Å². The molecule has 3 heteroatoms. The number of morpholine rings is 1. The van der Waals surface area contributed by atoms with Crippen LogP contribution in [-0.2, 0) is 4.74 Å². The summed E-state index contributed by atoms with van der Waals surface area (Å²) < 4.78 is 5.78. The Kier molecular flexibility index (Phi) is 7.96. The largest absolute Gasteiger partial charge is 0.390 e. The molecule has 0 aromatic rings. The first-order valence-corrected chi connectivity index (χ1v) is 8.12. The van der Waals surface area contributed by atoms with Crippen LogP contribution in [0, 0.1) is 5.92 Å². The SMILES string of the molecule is CCCCC(CC)CC(O)C1CN(C(C)C)CCO1. The zero-order valence-corrected chi connectivity index (χ0v) is 13.3. The summed E-state index contributed by atoms with van der Waals surface area (Å²) >= 11 is 0. The quantitative estimate of drug-likeness (QED) is 0.736. The first-order chi connectivity index (χ1) is 9.08. The second-order valence-electron chi connectivity index (χ2n) is 6.22. The standard InChI is InChI=1S/C16H33NO2/c1-5-7-8-14(6-2)11-15(18)16-12-17(13(3)4)9-10-19-16/h13-16,18H,5-12H2,1-4H3. The van der Waals surface area contributed by atoms with Crippen LogP contribution in [0.2, 0.25) is 0 Å². The van der Waals surface area contributed by atoms with Gasteiger partial charge in [-0.3, -0.25) is 4.90 Å². The van der Waals surface area contributed by atoms with Crippen molar-refractivity contribution >= 4 is 0 Å². The highest BCUT2D eigenvalue weighted by atomic mass is 16.5. The minimum absolute atomic E-state index is 0.00632. The molecule has 3 atom stereocenters. The van der Waals surface area contributed by atoms with Crippen molar-refractivity contribution < 1.29 is 9.84 Å². The van der Waals surface area contributed by atoms with E-state index in [2.05, 4.69) is 32.6 Å². The van der Waals surface area contributed by atoms with E-state index in [0.717, 1.165) is 32.5 Å². The average molecular weight is 271 g/mol. The van der Waals surface area contributed by atoms with E-state index in [1.165, 1.54) is 19.3 Å². The molecule has 0 aliphatic carbocycles. The number of ether oxygens (including phenoxy) is 1. The van der Waals surface area contributed by atoms with Crippen molar-refractivity contribution in [1.82, 2.24) is 4.90 Å². The van der Waals surface area contributed by atoms with E-state index in [0.29, 0.717) is 12.0 Å². The molecule has 0 radical (unpaired) electrons. The first-order valence-electron chi connectivity index (χ1n) is 8.12. The van der Waals surface area contributed by atoms with Crippen LogP contribution >= 0.6 is 0 Å². The van der Waals surface area contributed by atoms with Gasteiger partial charge in [0, 0.05) is 19.1 Å². The van der Waals surface area contributed by atoms with Crippen LogP contribution in [0.25, 0.3) is 0 Å². The number of hydrogen-bond donors (Lipinski definition) is 1. The number of aliphatic hydroxyl groups excluding tert-OH is 1. The van der Waals surface area contributed by atoms with E-state index in [4.69, 9.17) is 4.74 Å². The number of rotatable bonds is 8. The molecule has 0 saturated carbocycles. The summed E-state index contributed by atoms with van der Waals surface area (Å²) in [5.74, 6) is 0.646. The lowest BCUT2D eigenvalue weighted by Crippen LogP contribution is -2.50. The van der Waals surface area contributed by atoms with Gasteiger partial charge in [0.1, 0.15) is 0 Å². The summed E-state index contributed by atoms with van der Waals surface area (Å²) in [7, 11) is 0. The monoisotopic (exact) mass is 271 g/mol. The zero-order valence-electron chi connectivity index (χ0n) is 13.3. The van der Waals surface area contributed by atoms with Crippen molar-refractivity contribution in [2.45, 2.75) is 78.0 Å². The summed E-state index contributed by atoms with van der Waals surface area (Å²) in [6.45, 7) is 11.5. The molecule has 1 aliphatic rings. The van der Waals surface area contributed by atoms with Crippen LogP contribution in [0.4, 0.5) is 0 Å². The van der Waals surface area contributed by atoms with E-state index in [9.17, 15) is 5.11 Å². The normalized spacial score (nSPS) is 24.6. The van der Waals surface area contributed by atoms with Gasteiger partial charge in [-0.2, -0.15) is 0 Å². The van der Waals surface area contributed by atoms with Crippen molar-refractivity contribution in [3.8, 4) is 0 Å². The molecule has 114 valence electrons. The smallest absolute Gasteiger partial charge is 0.0961 e. The lowest BCUT2D eigenvalue weighted by Gasteiger charge is -2.38. The van der Waals surface area contributed by atoms with Gasteiger partial charge < -0.3 is 9.84 Å². The Morgan fingerprint density at radius 3 is 2.63 bits per heavy atom. The summed E-state index contributed by atoms with van der Waals surface area (Å²) in [6, 6.07) is 0.542. The van der Waals surface area contributed by atoms with Gasteiger partial charge >= 0.3 is 0 Å². The van der Waals surface area contributed by atoms with Gasteiger partial charge in [-0.1, -0.05) is 39.5 Å². The van der Waals surface area contributed by atoms with Crippen molar-refractivity contribution in [3.63, 3.8) is 0 Å². The molecule has 0 aromatic heterocycles. The Bertz CT molecular complexity index is 233. The summed E-state index contributed by atoms with van der Waals surface area (Å²) in [5.41, 5.74) is 0. The molecule has 1 saturated heterocycles. The van der Waals surface area contributed by atoms with Gasteiger partial charge in [0.15, 0.2) is 0 Å². The predicted octanol–water partition coefficient (Wildman–Crippen LogP) is 3.06. The van der Waals surface area contributed by atoms with Crippen LogP contribution in [0.3, 0.4) is 0 Å². The molecule has 0 spiro atoms. The minimum atomic E-state index is -0.302. The maximum Gasteiger partial charge on any atom is 0.0961 e. The Morgan fingerprint density at radius 1 is 1.32 bits per heavy atom. The third kappa shape index (κ3) is 5.80. The molecule has 1 rings (SSSR count). The van der Waals surface area contributed by atoms with Crippen molar-refractivity contribution in [1.29, 1.82) is 0 Å². The van der Waals surface area contributed by atoms with Crippen LogP contribution < -0.4 is 0 Å². The topological polar surface area (TPSA) is 32.7 Å². The third-order valence-electron chi connectivity index (χ3n) is 4.40. The molecule has 3 unspecified atom stereocenters. The Labute approximate surface area is 119 Å². The minimum Gasteiger partial charge on any atom is -0.390 e. The highest BCUT2D eigenvalue weighted by Gasteiger charge is 2.29. The van der Waals surface area contributed by atoms with Gasteiger partial charge in [-0.15, -0.1) is 0 Å². The number of aliphatic hydroxyl groups is 1. The second kappa shape index (κ2) is 8.93. The van der Waals surface area contributed by atoms with Crippen LogP contribution in [0.1, 0.15) is 59.8 Å². The van der Waals surface area contributed by atoms with Crippen molar-refractivity contribution in [2.75, 3.05) is 19.7 Å². The van der Waals surface area contributed by atoms with Gasteiger partial charge in [-0.05, 0) is 26.2 Å². The molecular formula is C16H33NO2. The van der Waals surface area contributed by atoms with Gasteiger partial charge in [-0.25, -0.2) is 0 Å².